The minimum atomic E-state index is -4.79. The third kappa shape index (κ3) is 8.96. The number of anilines is 4. The number of hydrogen-bond acceptors (Lipinski definition) is 10. The minimum absolute atomic E-state index is 0.0374. The minimum Gasteiger partial charge on any atom is -0.492 e. The van der Waals surface area contributed by atoms with Crippen molar-refractivity contribution in [3.63, 3.8) is 0 Å². The number of rotatable bonds is 12. The van der Waals surface area contributed by atoms with Crippen LogP contribution in [0.1, 0.15) is 75.5 Å². The first-order valence-electron chi connectivity index (χ1n) is 20.1. The van der Waals surface area contributed by atoms with E-state index in [1.165, 1.54) is 6.07 Å². The molecule has 1 aliphatic carbocycles. The van der Waals surface area contributed by atoms with Crippen molar-refractivity contribution < 1.29 is 37.1 Å². The van der Waals surface area contributed by atoms with Crippen LogP contribution in [-0.4, -0.2) is 95.5 Å². The van der Waals surface area contributed by atoms with Gasteiger partial charge in [-0.15, -0.1) is 0 Å². The summed E-state index contributed by atoms with van der Waals surface area (Å²) in [6, 6.07) is 17.1. The van der Waals surface area contributed by atoms with E-state index in [9.17, 15) is 37.6 Å². The van der Waals surface area contributed by atoms with Crippen LogP contribution in [0.3, 0.4) is 0 Å². The summed E-state index contributed by atoms with van der Waals surface area (Å²) in [7, 11) is 0. The van der Waals surface area contributed by atoms with Crippen molar-refractivity contribution in [1.82, 2.24) is 15.1 Å². The van der Waals surface area contributed by atoms with E-state index in [1.807, 2.05) is 18.2 Å². The lowest BCUT2D eigenvalue weighted by Crippen LogP contribution is -2.54. The van der Waals surface area contributed by atoms with Crippen molar-refractivity contribution in [3.05, 3.63) is 77.4 Å². The van der Waals surface area contributed by atoms with Gasteiger partial charge in [-0.1, -0.05) is 12.5 Å². The normalized spacial score (nSPS) is 21.4. The maximum Gasteiger partial charge on any atom is 0.417 e. The molecule has 3 heterocycles. The van der Waals surface area contributed by atoms with Crippen LogP contribution in [0.2, 0.25) is 0 Å². The maximum atomic E-state index is 13.8. The van der Waals surface area contributed by atoms with Gasteiger partial charge in [-0.05, 0) is 118 Å². The molecular formula is C43H47F3N8O5S. The van der Waals surface area contributed by atoms with Crippen molar-refractivity contribution in [2.45, 2.75) is 82.6 Å². The van der Waals surface area contributed by atoms with E-state index in [0.29, 0.717) is 43.2 Å². The fraction of sp³-hybridized carbons (Fsp3) is 0.442. The van der Waals surface area contributed by atoms with Gasteiger partial charge in [-0.25, -0.2) is 0 Å². The molecule has 3 aromatic carbocycles. The fourth-order valence-electron chi connectivity index (χ4n) is 8.20. The summed E-state index contributed by atoms with van der Waals surface area (Å²) in [4.78, 5) is 57.8. The van der Waals surface area contributed by atoms with Crippen LogP contribution in [0.15, 0.2) is 60.7 Å². The molecule has 60 heavy (non-hydrogen) atoms. The van der Waals surface area contributed by atoms with Crippen LogP contribution in [0, 0.1) is 11.3 Å². The van der Waals surface area contributed by atoms with E-state index >= 15 is 0 Å². The molecule has 1 unspecified atom stereocenters. The van der Waals surface area contributed by atoms with E-state index < -0.39 is 34.8 Å². The van der Waals surface area contributed by atoms with Crippen molar-refractivity contribution in [2.75, 3.05) is 59.8 Å². The van der Waals surface area contributed by atoms with E-state index in [4.69, 9.17) is 17.0 Å². The van der Waals surface area contributed by atoms with Crippen LogP contribution < -0.4 is 30.5 Å². The van der Waals surface area contributed by atoms with Gasteiger partial charge in [0.2, 0.25) is 17.7 Å². The second-order valence-corrected chi connectivity index (χ2v) is 16.6. The SMILES string of the molecule is C[C@@H]1CN(CCOc2ccc(N3C(=S)N(c4ccc(C#N)c(C(F)(F)F)c4)C(=O)C3(C)C)cc2C2CCC2)CCN1CC(=O)Nc1cccc(NC2CCC(=O)NC2=O)c1. The highest BCUT2D eigenvalue weighted by Gasteiger charge is 2.51. The average Bonchev–Trinajstić information content (AvgIpc) is 3.35. The average molecular weight is 845 g/mol. The Morgan fingerprint density at radius 3 is 2.45 bits per heavy atom. The summed E-state index contributed by atoms with van der Waals surface area (Å²) in [6.07, 6.45) is -1.11. The molecular weight excluding hydrogens is 798 g/mol. The smallest absolute Gasteiger partial charge is 0.417 e. The lowest BCUT2D eigenvalue weighted by molar-refractivity contribution is -0.138. The highest BCUT2D eigenvalue weighted by molar-refractivity contribution is 7.81. The van der Waals surface area contributed by atoms with Crippen molar-refractivity contribution in [2.24, 2.45) is 0 Å². The van der Waals surface area contributed by atoms with E-state index in [1.54, 1.807) is 49.1 Å². The molecule has 4 amide bonds. The number of carbonyl (C=O) groups is 4. The summed E-state index contributed by atoms with van der Waals surface area (Å²) >= 11 is 5.78. The largest absolute Gasteiger partial charge is 0.492 e. The number of thiocarbonyl (C=S) groups is 1. The molecule has 4 aliphatic rings. The number of alkyl halides is 3. The molecule has 3 aliphatic heterocycles. The van der Waals surface area contributed by atoms with Crippen LogP contribution >= 0.6 is 12.2 Å². The maximum absolute atomic E-state index is 13.8. The van der Waals surface area contributed by atoms with E-state index in [-0.39, 0.29) is 53.4 Å². The van der Waals surface area contributed by atoms with E-state index in [2.05, 4.69) is 32.7 Å². The fourth-order valence-corrected chi connectivity index (χ4v) is 8.72. The van der Waals surface area contributed by atoms with Crippen molar-refractivity contribution in [1.29, 1.82) is 5.26 Å². The standard InChI is InChI=1S/C43H47F3N8O5S/c1-26-24-51(16-17-52(26)25-38(56)49-30-9-5-8-29(20-30)48-35-13-15-37(55)50-39(35)57)18-19-59-36-14-12-32(21-33(36)27-6-4-7-27)54-41(60)53(40(58)42(54,2)3)31-11-10-28(23-47)34(22-31)43(44,45)46/h5,8-12,14,20-22,26-27,35,48H,4,6-7,13,15-19,24-25H2,1-3H3,(H,49,56)(H,50,55,57)/t26-,35?/m1/s1. The molecule has 0 aromatic heterocycles. The van der Waals surface area contributed by atoms with Gasteiger partial charge >= 0.3 is 6.18 Å². The first-order valence-corrected chi connectivity index (χ1v) is 20.5. The molecule has 0 bridgehead atoms. The number of amides is 4. The molecule has 3 saturated heterocycles. The molecule has 3 aromatic rings. The predicted molar refractivity (Wildman–Crippen MR) is 224 cm³/mol. The second kappa shape index (κ2) is 17.2. The number of carbonyl (C=O) groups excluding carboxylic acids is 4. The van der Waals surface area contributed by atoms with Gasteiger partial charge in [-0.2, -0.15) is 18.4 Å². The Hall–Kier alpha value is -5.57. The molecule has 316 valence electrons. The molecule has 17 heteroatoms. The number of ether oxygens (including phenoxy) is 1. The van der Waals surface area contributed by atoms with Gasteiger partial charge in [-0.3, -0.25) is 39.2 Å². The Morgan fingerprint density at radius 2 is 1.77 bits per heavy atom. The van der Waals surface area contributed by atoms with Gasteiger partial charge in [0.05, 0.1) is 29.4 Å². The Bertz CT molecular complexity index is 2240. The number of nitriles is 1. The summed E-state index contributed by atoms with van der Waals surface area (Å²) < 4.78 is 48.0. The Kier molecular flexibility index (Phi) is 12.2. The third-order valence-corrected chi connectivity index (χ3v) is 12.1. The zero-order chi connectivity index (χ0) is 42.9. The zero-order valence-corrected chi connectivity index (χ0v) is 34.4. The number of piperidine rings is 1. The number of nitrogens with one attached hydrogen (secondary N) is 3. The van der Waals surface area contributed by atoms with Crippen LogP contribution in [0.4, 0.5) is 35.9 Å². The molecule has 0 radical (unpaired) electrons. The van der Waals surface area contributed by atoms with Gasteiger partial charge in [0, 0.05) is 55.7 Å². The number of imide groups is 1. The quantitative estimate of drug-likeness (QED) is 0.146. The molecule has 1 saturated carbocycles. The lowest BCUT2D eigenvalue weighted by atomic mass is 9.79. The number of halogens is 3. The van der Waals surface area contributed by atoms with Gasteiger partial charge in [0.25, 0.3) is 5.91 Å². The van der Waals surface area contributed by atoms with Crippen LogP contribution in [-0.2, 0) is 25.4 Å². The Balaban J connectivity index is 0.943. The predicted octanol–water partition coefficient (Wildman–Crippen LogP) is 6.00. The molecule has 13 nitrogen and oxygen atoms in total. The van der Waals surface area contributed by atoms with Crippen LogP contribution in [0.5, 0.6) is 5.75 Å². The summed E-state index contributed by atoms with van der Waals surface area (Å²) in [5.74, 6) is -0.306. The van der Waals surface area contributed by atoms with Crippen LogP contribution in [0.25, 0.3) is 0 Å². The highest BCUT2D eigenvalue weighted by Crippen LogP contribution is 2.45. The molecule has 0 spiro atoms. The zero-order valence-electron chi connectivity index (χ0n) is 33.6. The van der Waals surface area contributed by atoms with Gasteiger partial charge in [0.1, 0.15) is 23.9 Å². The van der Waals surface area contributed by atoms with Crippen molar-refractivity contribution in [3.8, 4) is 11.8 Å². The Labute approximate surface area is 351 Å². The summed E-state index contributed by atoms with van der Waals surface area (Å²) in [6.45, 7) is 8.94. The lowest BCUT2D eigenvalue weighted by Gasteiger charge is -2.39. The topological polar surface area (TPSA) is 150 Å². The number of nitrogens with zero attached hydrogens (tertiary/aromatic N) is 5. The van der Waals surface area contributed by atoms with Crippen molar-refractivity contribution >= 4 is 63.7 Å². The first-order chi connectivity index (χ1) is 28.5. The molecule has 7 rings (SSSR count). The highest BCUT2D eigenvalue weighted by atomic mass is 32.1. The van der Waals surface area contributed by atoms with Gasteiger partial charge in [0.15, 0.2) is 5.11 Å². The van der Waals surface area contributed by atoms with Gasteiger partial charge < -0.3 is 20.3 Å². The Morgan fingerprint density at radius 1 is 1.02 bits per heavy atom. The summed E-state index contributed by atoms with van der Waals surface area (Å²) in [5.41, 5.74) is -0.0698. The third-order valence-electron chi connectivity index (χ3n) is 11.7. The first kappa shape index (κ1) is 42.6. The molecule has 3 N–H and O–H groups in total. The summed E-state index contributed by atoms with van der Waals surface area (Å²) in [5, 5.41) is 17.8. The molecule has 2 atom stereocenters. The number of hydrogen-bond donors (Lipinski definition) is 3. The number of benzene rings is 3. The number of piperazine rings is 1. The molecule has 4 fully saturated rings. The van der Waals surface area contributed by atoms with E-state index in [0.717, 1.165) is 60.7 Å². The second-order valence-electron chi connectivity index (χ2n) is 16.3. The monoisotopic (exact) mass is 844 g/mol.